The molecule has 29 heavy (non-hydrogen) atoms. The molecule has 0 atom stereocenters. The standard InChI is InChI=1S/C22H25N3O3S/c1-6-11-23-21(29)19(24-12-9-17(10-13-24)22(3,4)5)20(26)16-8-7-15(2)18(14-16)25(27)28/h6-10,12-14H,1,11H2,2-5H3,(H-,23,26,29). The molecule has 152 valence electrons. The summed E-state index contributed by atoms with van der Waals surface area (Å²) in [6.45, 7) is 12.0. The van der Waals surface area contributed by atoms with Crippen LogP contribution < -0.4 is 15.0 Å². The Kier molecular flexibility index (Phi) is 6.87. The van der Waals surface area contributed by atoms with Gasteiger partial charge in [0.2, 0.25) is 5.70 Å². The highest BCUT2D eigenvalue weighted by atomic mass is 32.1. The summed E-state index contributed by atoms with van der Waals surface area (Å²) in [5.41, 5.74) is 1.88. The summed E-state index contributed by atoms with van der Waals surface area (Å²) in [6, 6.07) is 8.29. The highest BCUT2D eigenvalue weighted by Crippen LogP contribution is 2.24. The number of hydrogen-bond donors (Lipinski definition) is 1. The van der Waals surface area contributed by atoms with Gasteiger partial charge >= 0.3 is 0 Å². The van der Waals surface area contributed by atoms with E-state index in [0.29, 0.717) is 12.1 Å². The van der Waals surface area contributed by atoms with Gasteiger partial charge in [-0.15, -0.1) is 6.58 Å². The Bertz CT molecular complexity index is 974. The molecule has 1 heterocycles. The number of thiocarbonyl (C=S) groups is 1. The van der Waals surface area contributed by atoms with Gasteiger partial charge in [0.05, 0.1) is 4.92 Å². The van der Waals surface area contributed by atoms with Crippen LogP contribution in [0.3, 0.4) is 0 Å². The molecule has 1 aromatic heterocycles. The van der Waals surface area contributed by atoms with Crippen molar-refractivity contribution in [1.82, 2.24) is 5.32 Å². The van der Waals surface area contributed by atoms with Crippen molar-refractivity contribution in [3.63, 3.8) is 0 Å². The second-order valence-electron chi connectivity index (χ2n) is 7.68. The van der Waals surface area contributed by atoms with Crippen LogP contribution in [0.25, 0.3) is 11.5 Å². The highest BCUT2D eigenvalue weighted by Gasteiger charge is 2.22. The van der Waals surface area contributed by atoms with Gasteiger partial charge in [-0.3, -0.25) is 10.1 Å². The largest absolute Gasteiger partial charge is 0.867 e. The van der Waals surface area contributed by atoms with Gasteiger partial charge in [0.1, 0.15) is 0 Å². The lowest BCUT2D eigenvalue weighted by atomic mass is 9.88. The first-order chi connectivity index (χ1) is 13.6. The SMILES string of the molecule is C=CCNC(=S)/C(=C(/[O-])c1ccc(C)c([N+](=O)[O-])c1)[n+]1ccc(C(C)(C)C)cc1. The molecule has 0 aliphatic heterocycles. The molecule has 1 aromatic carbocycles. The summed E-state index contributed by atoms with van der Waals surface area (Å²) < 4.78 is 1.64. The van der Waals surface area contributed by atoms with E-state index in [-0.39, 0.29) is 27.4 Å². The van der Waals surface area contributed by atoms with Crippen LogP contribution in [0.1, 0.15) is 37.5 Å². The summed E-state index contributed by atoms with van der Waals surface area (Å²) >= 11 is 5.44. The molecule has 1 N–H and O–H groups in total. The van der Waals surface area contributed by atoms with Crippen LogP contribution >= 0.6 is 12.2 Å². The van der Waals surface area contributed by atoms with Crippen LogP contribution in [-0.4, -0.2) is 16.5 Å². The van der Waals surface area contributed by atoms with Crippen molar-refractivity contribution in [1.29, 1.82) is 0 Å². The highest BCUT2D eigenvalue weighted by molar-refractivity contribution is 7.81. The fourth-order valence-corrected chi connectivity index (χ4v) is 3.03. The summed E-state index contributed by atoms with van der Waals surface area (Å²) in [6.07, 6.45) is 5.19. The van der Waals surface area contributed by atoms with Gasteiger partial charge in [-0.05, 0) is 29.2 Å². The zero-order valence-electron chi connectivity index (χ0n) is 17.1. The van der Waals surface area contributed by atoms with E-state index >= 15 is 0 Å². The van der Waals surface area contributed by atoms with Gasteiger partial charge in [0.15, 0.2) is 17.4 Å². The number of rotatable bonds is 6. The average Bonchev–Trinajstić information content (AvgIpc) is 2.66. The molecule has 2 rings (SSSR count). The molecule has 0 fully saturated rings. The molecule has 0 saturated heterocycles. The van der Waals surface area contributed by atoms with Crippen molar-refractivity contribution in [2.24, 2.45) is 0 Å². The minimum absolute atomic E-state index is 0.0393. The Balaban J connectivity index is 2.63. The van der Waals surface area contributed by atoms with E-state index < -0.39 is 10.7 Å². The molecule has 7 heteroatoms. The molecule has 0 saturated carbocycles. The summed E-state index contributed by atoms with van der Waals surface area (Å²) in [7, 11) is 0. The second kappa shape index (κ2) is 8.96. The fraction of sp³-hybridized carbons (Fsp3) is 0.273. The lowest BCUT2D eigenvalue weighted by molar-refractivity contribution is -0.578. The molecule has 0 unspecified atom stereocenters. The molecule has 0 bridgehead atoms. The van der Waals surface area contributed by atoms with Crippen LogP contribution in [0, 0.1) is 17.0 Å². The third-order valence-corrected chi connectivity index (χ3v) is 4.80. The van der Waals surface area contributed by atoms with Gasteiger partial charge in [0, 0.05) is 30.3 Å². The molecule has 6 nitrogen and oxygen atoms in total. The first-order valence-corrected chi connectivity index (χ1v) is 9.55. The van der Waals surface area contributed by atoms with Crippen molar-refractivity contribution >= 4 is 34.3 Å². The predicted octanol–water partition coefficient (Wildman–Crippen LogP) is 3.28. The van der Waals surface area contributed by atoms with Crippen molar-refractivity contribution in [3.8, 4) is 0 Å². The Morgan fingerprint density at radius 2 is 1.90 bits per heavy atom. The monoisotopic (exact) mass is 411 g/mol. The second-order valence-corrected chi connectivity index (χ2v) is 8.09. The number of hydrogen-bond acceptors (Lipinski definition) is 4. The smallest absolute Gasteiger partial charge is 0.272 e. The molecule has 0 amide bonds. The van der Waals surface area contributed by atoms with Gasteiger partial charge in [-0.2, -0.15) is 4.57 Å². The Labute approximate surface area is 176 Å². The number of aromatic nitrogens is 1. The third-order valence-electron chi connectivity index (χ3n) is 4.46. The van der Waals surface area contributed by atoms with Crippen LogP contribution in [0.4, 0.5) is 5.69 Å². The molecule has 2 aromatic rings. The normalized spacial score (nSPS) is 12.1. The Morgan fingerprint density at radius 3 is 2.41 bits per heavy atom. The van der Waals surface area contributed by atoms with Gasteiger partial charge in [-0.1, -0.05) is 51.2 Å². The van der Waals surface area contributed by atoms with E-state index in [1.165, 1.54) is 6.07 Å². The molecule has 0 aliphatic rings. The third kappa shape index (κ3) is 5.26. The zero-order chi connectivity index (χ0) is 21.8. The minimum Gasteiger partial charge on any atom is -0.867 e. The number of nitrogens with zero attached hydrogens (tertiary/aromatic N) is 2. The molecule has 0 radical (unpaired) electrons. The van der Waals surface area contributed by atoms with E-state index in [0.717, 1.165) is 5.56 Å². The van der Waals surface area contributed by atoms with Gasteiger partial charge < -0.3 is 10.4 Å². The van der Waals surface area contributed by atoms with Crippen LogP contribution in [0.5, 0.6) is 0 Å². The van der Waals surface area contributed by atoms with Crippen molar-refractivity contribution in [2.45, 2.75) is 33.1 Å². The van der Waals surface area contributed by atoms with Gasteiger partial charge in [0.25, 0.3) is 5.69 Å². The molecule has 0 aliphatic carbocycles. The predicted molar refractivity (Wildman–Crippen MR) is 117 cm³/mol. The first kappa shape index (κ1) is 22.2. The molecular formula is C22H25N3O3S. The van der Waals surface area contributed by atoms with E-state index in [4.69, 9.17) is 12.2 Å². The first-order valence-electron chi connectivity index (χ1n) is 9.14. The van der Waals surface area contributed by atoms with E-state index in [2.05, 4.69) is 32.7 Å². The van der Waals surface area contributed by atoms with Crippen LogP contribution in [-0.2, 0) is 5.41 Å². The summed E-state index contributed by atoms with van der Waals surface area (Å²) in [5, 5.41) is 27.5. The maximum Gasteiger partial charge on any atom is 0.272 e. The quantitative estimate of drug-likeness (QED) is 0.150. The average molecular weight is 412 g/mol. The topological polar surface area (TPSA) is 82.1 Å². The van der Waals surface area contributed by atoms with Crippen molar-refractivity contribution in [3.05, 3.63) is 82.2 Å². The number of aryl methyl sites for hydroxylation is 1. The van der Waals surface area contributed by atoms with Crippen molar-refractivity contribution < 1.29 is 14.6 Å². The summed E-state index contributed by atoms with van der Waals surface area (Å²) in [4.78, 5) is 11.0. The number of nitro groups is 1. The van der Waals surface area contributed by atoms with E-state index in [9.17, 15) is 15.2 Å². The number of nitro benzene ring substituents is 1. The molecular weight excluding hydrogens is 386 g/mol. The fourth-order valence-electron chi connectivity index (χ4n) is 2.75. The van der Waals surface area contributed by atoms with Crippen LogP contribution in [0.15, 0.2) is 55.4 Å². The maximum atomic E-state index is 13.3. The maximum absolute atomic E-state index is 13.3. The molecule has 0 spiro atoms. The number of benzene rings is 1. The Hall–Kier alpha value is -3.06. The van der Waals surface area contributed by atoms with E-state index in [1.807, 2.05) is 12.1 Å². The van der Waals surface area contributed by atoms with Crippen LogP contribution in [0.2, 0.25) is 0 Å². The zero-order valence-corrected chi connectivity index (χ0v) is 17.9. The minimum atomic E-state index is -0.495. The summed E-state index contributed by atoms with van der Waals surface area (Å²) in [5.74, 6) is -0.400. The van der Waals surface area contributed by atoms with Gasteiger partial charge in [-0.25, -0.2) is 0 Å². The number of nitrogens with one attached hydrogen (secondary N) is 1. The van der Waals surface area contributed by atoms with E-state index in [1.54, 1.807) is 42.1 Å². The lowest BCUT2D eigenvalue weighted by Crippen LogP contribution is -2.42. The number of pyridine rings is 1. The lowest BCUT2D eigenvalue weighted by Gasteiger charge is -2.19. The Morgan fingerprint density at radius 1 is 1.28 bits per heavy atom. The van der Waals surface area contributed by atoms with Crippen molar-refractivity contribution in [2.75, 3.05) is 6.54 Å².